The number of hydrogen-bond donors (Lipinski definition) is 0. The molecule has 4 aromatic carbocycles. The first-order chi connectivity index (χ1) is 16.8. The molecule has 1 saturated heterocycles. The molecule has 1 aliphatic rings. The molecule has 34 heavy (non-hydrogen) atoms. The number of methoxy groups -OCH3 is 1. The van der Waals surface area contributed by atoms with Gasteiger partial charge in [0.1, 0.15) is 6.61 Å². The van der Waals surface area contributed by atoms with Crippen LogP contribution in [-0.2, 0) is 19.7 Å². The third-order valence-corrected chi connectivity index (χ3v) is 6.61. The highest BCUT2D eigenvalue weighted by atomic mass is 16.5. The number of rotatable bonds is 8. The summed E-state index contributed by atoms with van der Waals surface area (Å²) in [5.74, 6) is 1.58. The molecule has 0 amide bonds. The second kappa shape index (κ2) is 10.7. The number of fused-ring (bicyclic) bond motifs is 1. The Bertz CT molecular complexity index is 1210. The zero-order chi connectivity index (χ0) is 23.2. The Morgan fingerprint density at radius 1 is 0.647 bits per heavy atom. The van der Waals surface area contributed by atoms with Crippen molar-refractivity contribution < 1.29 is 9.47 Å². The van der Waals surface area contributed by atoms with Gasteiger partial charge in [0, 0.05) is 39.3 Å². The lowest BCUT2D eigenvalue weighted by Gasteiger charge is -2.35. The fraction of sp³-hybridized carbons (Fsp3) is 0.267. The molecule has 0 radical (unpaired) electrons. The Hall–Kier alpha value is -3.34. The van der Waals surface area contributed by atoms with Gasteiger partial charge in [-0.3, -0.25) is 9.80 Å². The van der Waals surface area contributed by atoms with Gasteiger partial charge in [-0.2, -0.15) is 0 Å². The summed E-state index contributed by atoms with van der Waals surface area (Å²) in [6.45, 7) is 6.76. The van der Waals surface area contributed by atoms with Crippen molar-refractivity contribution >= 4 is 10.8 Å². The molecule has 5 rings (SSSR count). The van der Waals surface area contributed by atoms with Gasteiger partial charge in [0.05, 0.1) is 7.11 Å². The topological polar surface area (TPSA) is 24.9 Å². The van der Waals surface area contributed by atoms with Crippen molar-refractivity contribution in [3.8, 4) is 11.5 Å². The van der Waals surface area contributed by atoms with E-state index in [1.165, 1.54) is 21.9 Å². The van der Waals surface area contributed by atoms with E-state index >= 15 is 0 Å². The zero-order valence-electron chi connectivity index (χ0n) is 19.8. The Labute approximate surface area is 202 Å². The third-order valence-electron chi connectivity index (χ3n) is 6.61. The summed E-state index contributed by atoms with van der Waals surface area (Å²) in [5.41, 5.74) is 3.82. The van der Waals surface area contributed by atoms with Crippen molar-refractivity contribution in [2.75, 3.05) is 33.3 Å². The molecule has 4 nitrogen and oxygen atoms in total. The zero-order valence-corrected chi connectivity index (χ0v) is 19.8. The molecule has 174 valence electrons. The van der Waals surface area contributed by atoms with Crippen LogP contribution in [0, 0.1) is 0 Å². The Balaban J connectivity index is 1.18. The second-order valence-corrected chi connectivity index (χ2v) is 8.95. The summed E-state index contributed by atoms with van der Waals surface area (Å²) < 4.78 is 11.6. The van der Waals surface area contributed by atoms with Crippen LogP contribution in [0.5, 0.6) is 11.5 Å². The SMILES string of the molecule is COc1ccc(CN2CCN(Cc3cccc4ccccc34)CC2)cc1OCc1ccccc1. The van der Waals surface area contributed by atoms with Crippen molar-refractivity contribution in [2.45, 2.75) is 19.7 Å². The quantitative estimate of drug-likeness (QED) is 0.340. The molecule has 0 aromatic heterocycles. The summed E-state index contributed by atoms with van der Waals surface area (Å²) in [6.07, 6.45) is 0. The van der Waals surface area contributed by atoms with Crippen LogP contribution in [0.3, 0.4) is 0 Å². The first-order valence-electron chi connectivity index (χ1n) is 12.0. The van der Waals surface area contributed by atoms with E-state index in [1.807, 2.05) is 24.3 Å². The number of ether oxygens (including phenoxy) is 2. The molecule has 1 heterocycles. The highest BCUT2D eigenvalue weighted by molar-refractivity contribution is 5.85. The van der Waals surface area contributed by atoms with Gasteiger partial charge in [0.15, 0.2) is 11.5 Å². The van der Waals surface area contributed by atoms with Crippen LogP contribution >= 0.6 is 0 Å². The summed E-state index contributed by atoms with van der Waals surface area (Å²) in [4.78, 5) is 5.10. The van der Waals surface area contributed by atoms with E-state index in [2.05, 4.69) is 76.5 Å². The fourth-order valence-electron chi connectivity index (χ4n) is 4.70. The normalized spacial score (nSPS) is 14.9. The molecule has 1 fully saturated rings. The Morgan fingerprint density at radius 3 is 2.15 bits per heavy atom. The van der Waals surface area contributed by atoms with Gasteiger partial charge >= 0.3 is 0 Å². The lowest BCUT2D eigenvalue weighted by molar-refractivity contribution is 0.122. The van der Waals surface area contributed by atoms with E-state index in [-0.39, 0.29) is 0 Å². The fourth-order valence-corrected chi connectivity index (χ4v) is 4.70. The van der Waals surface area contributed by atoms with Gasteiger partial charge in [-0.1, -0.05) is 78.9 Å². The summed E-state index contributed by atoms with van der Waals surface area (Å²) in [6, 6.07) is 31.9. The van der Waals surface area contributed by atoms with Gasteiger partial charge in [-0.15, -0.1) is 0 Å². The van der Waals surface area contributed by atoms with Crippen LogP contribution in [0.15, 0.2) is 91.0 Å². The maximum Gasteiger partial charge on any atom is 0.161 e. The smallest absolute Gasteiger partial charge is 0.161 e. The predicted octanol–water partition coefficient (Wildman–Crippen LogP) is 5.75. The van der Waals surface area contributed by atoms with Gasteiger partial charge in [0.2, 0.25) is 0 Å². The molecule has 0 bridgehead atoms. The lowest BCUT2D eigenvalue weighted by Crippen LogP contribution is -2.45. The average Bonchev–Trinajstić information content (AvgIpc) is 2.89. The summed E-state index contributed by atoms with van der Waals surface area (Å²) >= 11 is 0. The first-order valence-corrected chi connectivity index (χ1v) is 12.0. The highest BCUT2D eigenvalue weighted by Crippen LogP contribution is 2.29. The van der Waals surface area contributed by atoms with Gasteiger partial charge in [-0.05, 0) is 39.6 Å². The van der Waals surface area contributed by atoms with Crippen LogP contribution in [0.4, 0.5) is 0 Å². The molecule has 4 heteroatoms. The summed E-state index contributed by atoms with van der Waals surface area (Å²) in [5, 5.41) is 2.69. The molecule has 0 saturated carbocycles. The Kier molecular flexibility index (Phi) is 7.08. The summed E-state index contributed by atoms with van der Waals surface area (Å²) in [7, 11) is 1.69. The van der Waals surface area contributed by atoms with Gasteiger partial charge in [0.25, 0.3) is 0 Å². The largest absolute Gasteiger partial charge is 0.493 e. The van der Waals surface area contributed by atoms with Crippen molar-refractivity contribution in [3.63, 3.8) is 0 Å². The molecule has 0 aliphatic carbocycles. The van der Waals surface area contributed by atoms with E-state index < -0.39 is 0 Å². The maximum atomic E-state index is 6.11. The van der Waals surface area contributed by atoms with Gasteiger partial charge in [-0.25, -0.2) is 0 Å². The van der Waals surface area contributed by atoms with E-state index in [0.29, 0.717) is 6.61 Å². The molecule has 1 aliphatic heterocycles. The molecule has 0 spiro atoms. The van der Waals surface area contributed by atoms with Crippen LogP contribution in [0.25, 0.3) is 10.8 Å². The minimum Gasteiger partial charge on any atom is -0.493 e. The molecular weight excluding hydrogens is 420 g/mol. The van der Waals surface area contributed by atoms with E-state index in [0.717, 1.165) is 56.3 Å². The molecular formula is C30H32N2O2. The second-order valence-electron chi connectivity index (χ2n) is 8.95. The van der Waals surface area contributed by atoms with Crippen LogP contribution < -0.4 is 9.47 Å². The number of piperazine rings is 1. The van der Waals surface area contributed by atoms with E-state index in [9.17, 15) is 0 Å². The average molecular weight is 453 g/mol. The van der Waals surface area contributed by atoms with E-state index in [1.54, 1.807) is 7.11 Å². The van der Waals surface area contributed by atoms with Crippen molar-refractivity contribution in [3.05, 3.63) is 108 Å². The molecule has 0 unspecified atom stereocenters. The van der Waals surface area contributed by atoms with Crippen LogP contribution in [0.2, 0.25) is 0 Å². The predicted molar refractivity (Wildman–Crippen MR) is 138 cm³/mol. The minimum atomic E-state index is 0.535. The number of benzene rings is 4. The minimum absolute atomic E-state index is 0.535. The first kappa shape index (κ1) is 22.5. The molecule has 0 atom stereocenters. The molecule has 0 N–H and O–H groups in total. The lowest BCUT2D eigenvalue weighted by atomic mass is 10.0. The van der Waals surface area contributed by atoms with Crippen molar-refractivity contribution in [2.24, 2.45) is 0 Å². The highest BCUT2D eigenvalue weighted by Gasteiger charge is 2.18. The van der Waals surface area contributed by atoms with Crippen molar-refractivity contribution in [1.29, 1.82) is 0 Å². The van der Waals surface area contributed by atoms with Gasteiger partial charge < -0.3 is 9.47 Å². The van der Waals surface area contributed by atoms with Crippen LogP contribution in [0.1, 0.15) is 16.7 Å². The standard InChI is InChI=1S/C30H32N2O2/c1-33-29-15-14-25(20-30(29)34-23-24-8-3-2-4-9-24)21-31-16-18-32(19-17-31)22-27-12-7-11-26-10-5-6-13-28(26)27/h2-15,20H,16-19,21-23H2,1H3. The van der Waals surface area contributed by atoms with Crippen molar-refractivity contribution in [1.82, 2.24) is 9.80 Å². The Morgan fingerprint density at radius 2 is 1.35 bits per heavy atom. The van der Waals surface area contributed by atoms with E-state index in [4.69, 9.17) is 9.47 Å². The number of hydrogen-bond acceptors (Lipinski definition) is 4. The maximum absolute atomic E-state index is 6.11. The third kappa shape index (κ3) is 5.41. The monoisotopic (exact) mass is 452 g/mol. The van der Waals surface area contributed by atoms with Crippen LogP contribution in [-0.4, -0.2) is 43.1 Å². The number of nitrogens with zero attached hydrogens (tertiary/aromatic N) is 2. The molecule has 4 aromatic rings.